The number of carbonyl (C=O) groups excluding carboxylic acids is 2. The summed E-state index contributed by atoms with van der Waals surface area (Å²) in [5.41, 5.74) is 4.05. The molecule has 5 nitrogen and oxygen atoms in total. The molecular weight excluding hydrogens is 344 g/mol. The largest absolute Gasteiger partial charge is 0.462 e. The molecule has 2 amide bonds. The summed E-state index contributed by atoms with van der Waals surface area (Å²) >= 11 is 6.31. The van der Waals surface area contributed by atoms with Gasteiger partial charge in [-0.3, -0.25) is 15.0 Å². The lowest BCUT2D eigenvalue weighted by atomic mass is 10.1. The molecule has 1 aliphatic heterocycles. The minimum absolute atomic E-state index is 0.273. The maximum absolute atomic E-state index is 12.4. The zero-order valence-electron chi connectivity index (χ0n) is 13.0. The minimum atomic E-state index is -0.388. The monoisotopic (exact) mass is 358 g/mol. The smallest absolute Gasteiger partial charge is 0.285 e. The first-order valence-electron chi connectivity index (χ1n) is 7.16. The number of rotatable bonds is 3. The Labute approximate surface area is 148 Å². The number of nitrogens with one attached hydrogen (secondary N) is 1. The average molecular weight is 358 g/mol. The summed E-state index contributed by atoms with van der Waals surface area (Å²) in [6.07, 6.45) is 1.62. The van der Waals surface area contributed by atoms with Crippen LogP contribution < -0.4 is 5.43 Å². The predicted molar refractivity (Wildman–Crippen MR) is 97.1 cm³/mol. The van der Waals surface area contributed by atoms with Crippen LogP contribution in [0.5, 0.6) is 0 Å². The molecule has 1 fully saturated rings. The number of hydrogen-bond acceptors (Lipinski definition) is 5. The van der Waals surface area contributed by atoms with Gasteiger partial charge in [-0.1, -0.05) is 29.5 Å². The van der Waals surface area contributed by atoms with Gasteiger partial charge in [0.1, 0.15) is 11.5 Å². The SMILES string of the molecule is Cc1ccc(C(=O)NN2C(=O)C(=Cc3ccc(C)o3)SC2=S)cc1. The van der Waals surface area contributed by atoms with Crippen molar-refractivity contribution in [2.75, 3.05) is 0 Å². The molecule has 0 bridgehead atoms. The molecule has 7 heteroatoms. The number of benzene rings is 1. The highest BCUT2D eigenvalue weighted by atomic mass is 32.2. The number of hydrazine groups is 1. The van der Waals surface area contributed by atoms with Crippen molar-refractivity contribution in [2.24, 2.45) is 0 Å². The number of furan rings is 1. The summed E-state index contributed by atoms with van der Waals surface area (Å²) in [4.78, 5) is 25.1. The molecule has 1 saturated heterocycles. The Bertz CT molecular complexity index is 853. The van der Waals surface area contributed by atoms with E-state index in [2.05, 4.69) is 5.43 Å². The highest BCUT2D eigenvalue weighted by Gasteiger charge is 2.34. The molecular formula is C17H14N2O3S2. The highest BCUT2D eigenvalue weighted by Crippen LogP contribution is 2.31. The molecule has 2 aromatic rings. The molecule has 2 heterocycles. The van der Waals surface area contributed by atoms with Crippen molar-refractivity contribution in [1.29, 1.82) is 0 Å². The number of amides is 2. The molecule has 0 unspecified atom stereocenters. The fraction of sp³-hybridized carbons (Fsp3) is 0.118. The van der Waals surface area contributed by atoms with Gasteiger partial charge in [-0.2, -0.15) is 5.01 Å². The Morgan fingerprint density at radius 3 is 2.54 bits per heavy atom. The average Bonchev–Trinajstić information content (AvgIpc) is 3.06. The number of nitrogens with zero attached hydrogens (tertiary/aromatic N) is 1. The molecule has 0 aliphatic carbocycles. The van der Waals surface area contributed by atoms with Crippen LogP contribution in [0.1, 0.15) is 27.4 Å². The van der Waals surface area contributed by atoms with Crippen molar-refractivity contribution < 1.29 is 14.0 Å². The maximum Gasteiger partial charge on any atom is 0.285 e. The summed E-state index contributed by atoms with van der Waals surface area (Å²) in [5, 5.41) is 1.09. The molecule has 3 rings (SSSR count). The van der Waals surface area contributed by atoms with E-state index in [1.54, 1.807) is 24.3 Å². The lowest BCUT2D eigenvalue weighted by Gasteiger charge is -2.15. The van der Waals surface area contributed by atoms with E-state index in [1.165, 1.54) is 0 Å². The van der Waals surface area contributed by atoms with Crippen LogP contribution in [0.3, 0.4) is 0 Å². The van der Waals surface area contributed by atoms with Gasteiger partial charge in [0.25, 0.3) is 11.8 Å². The van der Waals surface area contributed by atoms with Gasteiger partial charge in [0, 0.05) is 11.6 Å². The number of aryl methyl sites for hydroxylation is 2. The van der Waals surface area contributed by atoms with E-state index < -0.39 is 0 Å². The standard InChI is InChI=1S/C17H14N2O3S2/c1-10-3-6-12(7-4-10)15(20)18-19-16(21)14(24-17(19)23)9-13-8-5-11(2)22-13/h3-9H,1-2H3,(H,18,20). The second-order valence-corrected chi connectivity index (χ2v) is 6.95. The highest BCUT2D eigenvalue weighted by molar-refractivity contribution is 8.26. The Hall–Kier alpha value is -2.38. The third-order valence-corrected chi connectivity index (χ3v) is 4.66. The van der Waals surface area contributed by atoms with Gasteiger partial charge in [-0.05, 0) is 50.3 Å². The van der Waals surface area contributed by atoms with E-state index in [-0.39, 0.29) is 16.1 Å². The van der Waals surface area contributed by atoms with E-state index >= 15 is 0 Å². The van der Waals surface area contributed by atoms with Gasteiger partial charge in [0.15, 0.2) is 4.32 Å². The van der Waals surface area contributed by atoms with Crippen molar-refractivity contribution in [1.82, 2.24) is 10.4 Å². The molecule has 1 aromatic carbocycles. The van der Waals surface area contributed by atoms with Crippen molar-refractivity contribution in [2.45, 2.75) is 13.8 Å². The van der Waals surface area contributed by atoms with Crippen LogP contribution in [0.25, 0.3) is 6.08 Å². The lowest BCUT2D eigenvalue weighted by molar-refractivity contribution is -0.123. The Morgan fingerprint density at radius 2 is 1.92 bits per heavy atom. The summed E-state index contributed by atoms with van der Waals surface area (Å²) < 4.78 is 5.71. The van der Waals surface area contributed by atoms with Crippen LogP contribution in [0, 0.1) is 13.8 Å². The fourth-order valence-electron chi connectivity index (χ4n) is 2.10. The molecule has 0 radical (unpaired) electrons. The summed E-state index contributed by atoms with van der Waals surface area (Å²) in [5.74, 6) is 0.558. The third kappa shape index (κ3) is 3.42. The first-order chi connectivity index (χ1) is 11.4. The zero-order chi connectivity index (χ0) is 17.3. The van der Waals surface area contributed by atoms with Crippen molar-refractivity contribution in [3.8, 4) is 0 Å². The minimum Gasteiger partial charge on any atom is -0.462 e. The second-order valence-electron chi connectivity index (χ2n) is 5.27. The van der Waals surface area contributed by atoms with Crippen LogP contribution in [0.2, 0.25) is 0 Å². The molecule has 1 aliphatic rings. The van der Waals surface area contributed by atoms with Crippen LogP contribution >= 0.6 is 24.0 Å². The summed E-state index contributed by atoms with van der Waals surface area (Å²) in [7, 11) is 0. The number of thioether (sulfide) groups is 1. The second kappa shape index (κ2) is 6.62. The van der Waals surface area contributed by atoms with Crippen molar-refractivity contribution in [3.05, 3.63) is 64.0 Å². The fourth-order valence-corrected chi connectivity index (χ4v) is 3.25. The molecule has 0 spiro atoms. The van der Waals surface area contributed by atoms with Crippen LogP contribution in [-0.2, 0) is 4.79 Å². The van der Waals surface area contributed by atoms with Crippen molar-refractivity contribution in [3.63, 3.8) is 0 Å². The van der Waals surface area contributed by atoms with E-state index in [0.717, 1.165) is 28.1 Å². The Kier molecular flexibility index (Phi) is 4.55. The van der Waals surface area contributed by atoms with Gasteiger partial charge < -0.3 is 4.42 Å². The maximum atomic E-state index is 12.4. The lowest BCUT2D eigenvalue weighted by Crippen LogP contribution is -2.44. The van der Waals surface area contributed by atoms with E-state index in [1.807, 2.05) is 32.0 Å². The first kappa shape index (κ1) is 16.5. The number of thiocarbonyl (C=S) groups is 1. The van der Waals surface area contributed by atoms with Crippen molar-refractivity contribution >= 4 is 46.2 Å². The van der Waals surface area contributed by atoms with Crippen LogP contribution in [0.15, 0.2) is 45.7 Å². The molecule has 24 heavy (non-hydrogen) atoms. The normalized spacial score (nSPS) is 16.1. The third-order valence-electron chi connectivity index (χ3n) is 3.36. The van der Waals surface area contributed by atoms with Gasteiger partial charge in [-0.25, -0.2) is 0 Å². The van der Waals surface area contributed by atoms with Gasteiger partial charge in [0.2, 0.25) is 0 Å². The van der Waals surface area contributed by atoms with Crippen LogP contribution in [0.4, 0.5) is 0 Å². The van der Waals surface area contributed by atoms with E-state index in [4.69, 9.17) is 16.6 Å². The summed E-state index contributed by atoms with van der Waals surface area (Å²) in [6, 6.07) is 10.6. The topological polar surface area (TPSA) is 62.6 Å². The zero-order valence-corrected chi connectivity index (χ0v) is 14.7. The Morgan fingerprint density at radius 1 is 1.21 bits per heavy atom. The quantitative estimate of drug-likeness (QED) is 0.673. The molecule has 0 atom stereocenters. The van der Waals surface area contributed by atoms with Gasteiger partial charge in [0.05, 0.1) is 4.91 Å². The molecule has 1 aromatic heterocycles. The van der Waals surface area contributed by atoms with Crippen LogP contribution in [-0.4, -0.2) is 21.1 Å². The van der Waals surface area contributed by atoms with Gasteiger partial charge in [-0.15, -0.1) is 0 Å². The molecule has 122 valence electrons. The number of hydrogen-bond donors (Lipinski definition) is 1. The predicted octanol–water partition coefficient (Wildman–Crippen LogP) is 3.44. The first-order valence-corrected chi connectivity index (χ1v) is 8.38. The van der Waals surface area contributed by atoms with Gasteiger partial charge >= 0.3 is 0 Å². The summed E-state index contributed by atoms with van der Waals surface area (Å²) in [6.45, 7) is 3.76. The van der Waals surface area contributed by atoms with E-state index in [0.29, 0.717) is 16.2 Å². The van der Waals surface area contributed by atoms with E-state index in [9.17, 15) is 9.59 Å². The molecule has 0 saturated carbocycles. The molecule has 1 N–H and O–H groups in total. The Balaban J connectivity index is 1.76. The number of carbonyl (C=O) groups is 2.